The van der Waals surface area contributed by atoms with Gasteiger partial charge in [-0.25, -0.2) is 0 Å². The minimum atomic E-state index is -0.617. The Hall–Kier alpha value is -3.62. The topological polar surface area (TPSA) is 121 Å². The largest absolute Gasteiger partial charge is 0.466 e. The molecule has 0 saturated carbocycles. The van der Waals surface area contributed by atoms with E-state index in [4.69, 9.17) is 9.57 Å². The van der Waals surface area contributed by atoms with Crippen LogP contribution >= 0.6 is 0 Å². The minimum Gasteiger partial charge on any atom is -0.466 e. The summed E-state index contributed by atoms with van der Waals surface area (Å²) in [5.74, 6) is -0.251. The van der Waals surface area contributed by atoms with Crippen LogP contribution in [0.2, 0.25) is 0 Å². The average molecular weight is 399 g/mol. The van der Waals surface area contributed by atoms with E-state index in [2.05, 4.69) is 10.1 Å². The van der Waals surface area contributed by atoms with Gasteiger partial charge in [0.15, 0.2) is 6.29 Å². The zero-order chi connectivity index (χ0) is 21.1. The first kappa shape index (κ1) is 21.7. The lowest BCUT2D eigenvalue weighted by molar-refractivity contribution is -0.385. The van der Waals surface area contributed by atoms with Crippen molar-refractivity contribution < 1.29 is 24.1 Å². The molecule has 0 amide bonds. The smallest absolute Gasteiger partial charge is 0.305 e. The van der Waals surface area contributed by atoms with Crippen molar-refractivity contribution in [3.63, 3.8) is 0 Å². The number of hydrogen-bond donors (Lipinski definition) is 0. The monoisotopic (exact) mass is 399 g/mol. The lowest BCUT2D eigenvalue weighted by Gasteiger charge is -2.08. The van der Waals surface area contributed by atoms with Crippen LogP contribution in [0.25, 0.3) is 0 Å². The number of unbranched alkanes of at least 4 members (excludes halogenated alkanes) is 1. The van der Waals surface area contributed by atoms with E-state index in [9.17, 15) is 19.7 Å². The first-order valence-corrected chi connectivity index (χ1v) is 9.06. The van der Waals surface area contributed by atoms with Crippen LogP contribution in [0.3, 0.4) is 0 Å². The normalized spacial score (nSPS) is 11.0. The maximum Gasteiger partial charge on any atom is 0.305 e. The van der Waals surface area contributed by atoms with E-state index in [0.717, 1.165) is 0 Å². The van der Waals surface area contributed by atoms with Gasteiger partial charge in [0, 0.05) is 36.0 Å². The number of pyridine rings is 1. The molecule has 0 spiro atoms. The predicted molar refractivity (Wildman–Crippen MR) is 105 cm³/mol. The Kier molecular flexibility index (Phi) is 8.43. The third-order valence-electron chi connectivity index (χ3n) is 3.89. The summed E-state index contributed by atoms with van der Waals surface area (Å²) in [7, 11) is 0. The van der Waals surface area contributed by atoms with Gasteiger partial charge in [0.2, 0.25) is 0 Å². The predicted octanol–water partition coefficient (Wildman–Crippen LogP) is 3.30. The molecule has 2 aromatic rings. The molecule has 0 atom stereocenters. The zero-order valence-corrected chi connectivity index (χ0v) is 15.9. The maximum atomic E-state index is 11.3. The Balaban J connectivity index is 2.14. The van der Waals surface area contributed by atoms with Gasteiger partial charge in [0.05, 0.1) is 17.1 Å². The van der Waals surface area contributed by atoms with Crippen LogP contribution in [-0.2, 0) is 14.4 Å². The van der Waals surface area contributed by atoms with E-state index in [1.54, 1.807) is 31.5 Å². The third kappa shape index (κ3) is 6.49. The van der Waals surface area contributed by atoms with Crippen molar-refractivity contribution >= 4 is 23.7 Å². The van der Waals surface area contributed by atoms with Crippen molar-refractivity contribution in [1.29, 1.82) is 0 Å². The summed E-state index contributed by atoms with van der Waals surface area (Å²) in [4.78, 5) is 42.4. The van der Waals surface area contributed by atoms with Gasteiger partial charge in [-0.2, -0.15) is 0 Å². The lowest BCUT2D eigenvalue weighted by atomic mass is 10.0. The molecule has 0 bridgehead atoms. The quantitative estimate of drug-likeness (QED) is 0.142. The van der Waals surface area contributed by atoms with E-state index >= 15 is 0 Å². The summed E-state index contributed by atoms with van der Waals surface area (Å²) in [5, 5.41) is 15.2. The molecule has 1 aromatic carbocycles. The highest BCUT2D eigenvalue weighted by Gasteiger charge is 2.17. The second-order valence-electron chi connectivity index (χ2n) is 5.93. The van der Waals surface area contributed by atoms with Crippen LogP contribution in [-0.4, -0.2) is 41.1 Å². The van der Waals surface area contributed by atoms with Gasteiger partial charge < -0.3 is 9.57 Å². The molecule has 0 N–H and O–H groups in total. The highest BCUT2D eigenvalue weighted by molar-refractivity contribution is 6.13. The lowest BCUT2D eigenvalue weighted by Crippen LogP contribution is -2.07. The number of nitro benzene ring substituents is 1. The number of carbonyl (C=O) groups excluding carboxylic acids is 2. The number of hydrogen-bond acceptors (Lipinski definition) is 8. The molecule has 0 radical (unpaired) electrons. The maximum absolute atomic E-state index is 11.3. The van der Waals surface area contributed by atoms with Gasteiger partial charge in [-0.15, -0.1) is 0 Å². The fraction of sp³-hybridized carbons (Fsp3) is 0.300. The number of aldehydes is 1. The van der Waals surface area contributed by atoms with Gasteiger partial charge in [-0.3, -0.25) is 24.7 Å². The number of nitrogens with zero attached hydrogens (tertiary/aromatic N) is 3. The van der Waals surface area contributed by atoms with Crippen LogP contribution in [0.1, 0.15) is 47.7 Å². The van der Waals surface area contributed by atoms with Crippen LogP contribution in [0.4, 0.5) is 5.69 Å². The van der Waals surface area contributed by atoms with E-state index in [0.29, 0.717) is 49.0 Å². The summed E-state index contributed by atoms with van der Waals surface area (Å²) in [6.45, 7) is 2.38. The average Bonchev–Trinajstić information content (AvgIpc) is 2.73. The van der Waals surface area contributed by atoms with Crippen LogP contribution in [0.15, 0.2) is 47.9 Å². The van der Waals surface area contributed by atoms with Crippen molar-refractivity contribution in [2.45, 2.75) is 26.2 Å². The van der Waals surface area contributed by atoms with Gasteiger partial charge in [-0.1, -0.05) is 5.16 Å². The zero-order valence-electron chi connectivity index (χ0n) is 15.9. The Morgan fingerprint density at radius 1 is 1.28 bits per heavy atom. The molecule has 0 aliphatic carbocycles. The number of benzene rings is 1. The summed E-state index contributed by atoms with van der Waals surface area (Å²) in [5.41, 5.74) is 1.16. The highest BCUT2D eigenvalue weighted by Crippen LogP contribution is 2.21. The molecule has 152 valence electrons. The van der Waals surface area contributed by atoms with Crippen LogP contribution in [0.5, 0.6) is 0 Å². The molecule has 0 unspecified atom stereocenters. The molecule has 9 nitrogen and oxygen atoms in total. The molecule has 2 rings (SSSR count). The van der Waals surface area contributed by atoms with Crippen LogP contribution < -0.4 is 0 Å². The van der Waals surface area contributed by atoms with Gasteiger partial charge >= 0.3 is 5.97 Å². The molecule has 1 aromatic heterocycles. The summed E-state index contributed by atoms with van der Waals surface area (Å²) >= 11 is 0. The summed E-state index contributed by atoms with van der Waals surface area (Å²) in [6, 6.07) is 7.63. The number of nitro groups is 1. The SMILES string of the molecule is CCOC(=O)CCCCON=C(c1cccnc1)c1ccc([N+](=O)[O-])c(C=O)c1. The number of carbonyl (C=O) groups is 2. The first-order chi connectivity index (χ1) is 14.1. The fourth-order valence-corrected chi connectivity index (χ4v) is 2.52. The van der Waals surface area contributed by atoms with Crippen molar-refractivity contribution in [3.05, 3.63) is 69.5 Å². The van der Waals surface area contributed by atoms with Gasteiger partial charge in [0.25, 0.3) is 5.69 Å². The number of esters is 1. The van der Waals surface area contributed by atoms with Crippen molar-refractivity contribution in [2.24, 2.45) is 5.16 Å². The minimum absolute atomic E-state index is 0.0569. The van der Waals surface area contributed by atoms with E-state index in [-0.39, 0.29) is 23.8 Å². The Labute approximate surface area is 167 Å². The molecular formula is C20H21N3O6. The summed E-state index contributed by atoms with van der Waals surface area (Å²) < 4.78 is 4.86. The van der Waals surface area contributed by atoms with E-state index < -0.39 is 4.92 Å². The van der Waals surface area contributed by atoms with Gasteiger partial charge in [-0.05, 0) is 44.0 Å². The molecule has 0 fully saturated rings. The molecule has 9 heteroatoms. The third-order valence-corrected chi connectivity index (χ3v) is 3.89. The summed E-state index contributed by atoms with van der Waals surface area (Å²) in [6.07, 6.45) is 5.11. The molecule has 1 heterocycles. The molecule has 0 aliphatic rings. The number of ether oxygens (including phenoxy) is 1. The molecular weight excluding hydrogens is 378 g/mol. The Bertz CT molecular complexity index is 883. The standard InChI is InChI=1S/C20H21N3O6/c1-2-28-19(25)7-3-4-11-29-22-20(16-6-5-10-21-13-16)15-8-9-18(23(26)27)17(12-15)14-24/h5-6,8-10,12-14H,2-4,7,11H2,1H3. The van der Waals surface area contributed by atoms with Crippen molar-refractivity contribution in [1.82, 2.24) is 4.98 Å². The Morgan fingerprint density at radius 2 is 2.10 bits per heavy atom. The van der Waals surface area contributed by atoms with Gasteiger partial charge in [0.1, 0.15) is 12.3 Å². The second-order valence-corrected chi connectivity index (χ2v) is 5.93. The molecule has 29 heavy (non-hydrogen) atoms. The highest BCUT2D eigenvalue weighted by atomic mass is 16.6. The first-order valence-electron chi connectivity index (χ1n) is 9.06. The number of oxime groups is 1. The number of rotatable bonds is 11. The van der Waals surface area contributed by atoms with E-state index in [1.165, 1.54) is 18.2 Å². The molecule has 0 aliphatic heterocycles. The van der Waals surface area contributed by atoms with E-state index in [1.807, 2.05) is 0 Å². The number of aromatic nitrogens is 1. The second kappa shape index (κ2) is 11.3. The van der Waals surface area contributed by atoms with Crippen LogP contribution in [0, 0.1) is 10.1 Å². The Morgan fingerprint density at radius 3 is 2.76 bits per heavy atom. The van der Waals surface area contributed by atoms with Crippen molar-refractivity contribution in [3.8, 4) is 0 Å². The molecule has 0 saturated heterocycles. The van der Waals surface area contributed by atoms with Crippen molar-refractivity contribution in [2.75, 3.05) is 13.2 Å². The fourth-order valence-electron chi connectivity index (χ4n) is 2.52.